The minimum Gasteiger partial charge on any atom is -0.459 e. The Labute approximate surface area is 124 Å². The number of furan rings is 1. The highest BCUT2D eigenvalue weighted by atomic mass is 16.5. The first-order chi connectivity index (χ1) is 10.2. The van der Waals surface area contributed by atoms with Gasteiger partial charge in [-0.15, -0.1) is 6.58 Å². The first-order valence-electron chi connectivity index (χ1n) is 7.32. The Hall–Kier alpha value is -1.88. The summed E-state index contributed by atoms with van der Waals surface area (Å²) in [5.41, 5.74) is 0.923. The second-order valence-electron chi connectivity index (χ2n) is 5.58. The number of aryl methyl sites for hydroxylation is 1. The summed E-state index contributed by atoms with van der Waals surface area (Å²) in [6.07, 6.45) is 7.30. The molecule has 5 nitrogen and oxygen atoms in total. The molecule has 0 unspecified atom stereocenters. The molecule has 2 aromatic heterocycles. The number of nitrogens with zero attached hydrogens (tertiary/aromatic N) is 2. The summed E-state index contributed by atoms with van der Waals surface area (Å²) < 4.78 is 16.3. The summed E-state index contributed by atoms with van der Waals surface area (Å²) in [5, 5.41) is 4.23. The van der Waals surface area contributed by atoms with Gasteiger partial charge in [-0.3, -0.25) is 0 Å². The number of hydrogen-bond donors (Lipinski definition) is 0. The van der Waals surface area contributed by atoms with E-state index in [9.17, 15) is 0 Å². The zero-order chi connectivity index (χ0) is 14.7. The topological polar surface area (TPSA) is 61.3 Å². The molecule has 3 heterocycles. The number of ether oxygens (including phenoxy) is 1. The lowest BCUT2D eigenvalue weighted by Crippen LogP contribution is -2.34. The van der Waals surface area contributed by atoms with Crippen molar-refractivity contribution in [1.82, 2.24) is 10.1 Å². The van der Waals surface area contributed by atoms with Gasteiger partial charge in [-0.25, -0.2) is 0 Å². The van der Waals surface area contributed by atoms with Crippen molar-refractivity contribution in [3.63, 3.8) is 0 Å². The molecule has 0 bridgehead atoms. The van der Waals surface area contributed by atoms with E-state index < -0.39 is 0 Å². The molecule has 1 aliphatic rings. The van der Waals surface area contributed by atoms with Crippen LogP contribution in [-0.4, -0.2) is 23.4 Å². The van der Waals surface area contributed by atoms with Gasteiger partial charge in [0.2, 0.25) is 0 Å². The Kier molecular flexibility index (Phi) is 3.92. The van der Waals surface area contributed by atoms with Crippen LogP contribution >= 0.6 is 0 Å². The molecule has 1 aliphatic heterocycles. The molecule has 1 fully saturated rings. The monoisotopic (exact) mass is 288 g/mol. The van der Waals surface area contributed by atoms with Crippen molar-refractivity contribution in [1.29, 1.82) is 0 Å². The SMILES string of the molecule is C=CCCC1(c2noc(-c3occc3C)n2)CCOCC1. The van der Waals surface area contributed by atoms with Gasteiger partial charge in [0.05, 0.1) is 6.26 Å². The van der Waals surface area contributed by atoms with Crippen molar-refractivity contribution in [2.24, 2.45) is 0 Å². The summed E-state index contributed by atoms with van der Waals surface area (Å²) in [4.78, 5) is 4.60. The average Bonchev–Trinajstić information content (AvgIpc) is 3.15. The average molecular weight is 288 g/mol. The van der Waals surface area contributed by atoms with Crippen molar-refractivity contribution in [3.8, 4) is 11.7 Å². The molecular weight excluding hydrogens is 268 g/mol. The molecule has 1 saturated heterocycles. The van der Waals surface area contributed by atoms with E-state index in [1.54, 1.807) is 6.26 Å². The first-order valence-corrected chi connectivity index (χ1v) is 7.32. The highest BCUT2D eigenvalue weighted by molar-refractivity contribution is 5.49. The lowest BCUT2D eigenvalue weighted by Gasteiger charge is -2.34. The highest BCUT2D eigenvalue weighted by Gasteiger charge is 2.38. The molecule has 0 radical (unpaired) electrons. The molecule has 0 saturated carbocycles. The minimum atomic E-state index is -0.0747. The van der Waals surface area contributed by atoms with Crippen molar-refractivity contribution in [2.75, 3.05) is 13.2 Å². The van der Waals surface area contributed by atoms with E-state index in [0.717, 1.165) is 50.3 Å². The number of rotatable bonds is 5. The van der Waals surface area contributed by atoms with Crippen molar-refractivity contribution in [2.45, 2.75) is 38.0 Å². The van der Waals surface area contributed by atoms with E-state index >= 15 is 0 Å². The van der Waals surface area contributed by atoms with Crippen LogP contribution in [0.2, 0.25) is 0 Å². The lowest BCUT2D eigenvalue weighted by molar-refractivity contribution is 0.0430. The summed E-state index contributed by atoms with van der Waals surface area (Å²) >= 11 is 0. The Morgan fingerprint density at radius 3 is 2.86 bits per heavy atom. The zero-order valence-electron chi connectivity index (χ0n) is 12.3. The van der Waals surface area contributed by atoms with Crippen LogP contribution in [0.25, 0.3) is 11.7 Å². The Morgan fingerprint density at radius 2 is 2.19 bits per heavy atom. The van der Waals surface area contributed by atoms with E-state index in [0.29, 0.717) is 11.7 Å². The van der Waals surface area contributed by atoms with E-state index in [2.05, 4.69) is 16.7 Å². The van der Waals surface area contributed by atoms with Crippen LogP contribution in [0, 0.1) is 6.92 Å². The maximum atomic E-state index is 5.49. The molecule has 5 heteroatoms. The molecule has 0 aromatic carbocycles. The van der Waals surface area contributed by atoms with Crippen molar-refractivity contribution < 1.29 is 13.7 Å². The predicted octanol–water partition coefficient (Wildman–Crippen LogP) is 3.65. The molecular formula is C16H20N2O3. The zero-order valence-corrected chi connectivity index (χ0v) is 12.3. The molecule has 0 N–H and O–H groups in total. The largest absolute Gasteiger partial charge is 0.459 e. The van der Waals surface area contributed by atoms with Crippen LogP contribution in [0.1, 0.15) is 37.1 Å². The van der Waals surface area contributed by atoms with Gasteiger partial charge in [0, 0.05) is 24.2 Å². The highest BCUT2D eigenvalue weighted by Crippen LogP contribution is 2.38. The molecule has 112 valence electrons. The van der Waals surface area contributed by atoms with E-state index in [-0.39, 0.29) is 5.41 Å². The van der Waals surface area contributed by atoms with Crippen LogP contribution in [0.4, 0.5) is 0 Å². The Balaban J connectivity index is 1.91. The van der Waals surface area contributed by atoms with E-state index in [4.69, 9.17) is 13.7 Å². The third-order valence-corrected chi connectivity index (χ3v) is 4.23. The molecule has 3 rings (SSSR count). The van der Waals surface area contributed by atoms with Gasteiger partial charge in [-0.2, -0.15) is 4.98 Å². The smallest absolute Gasteiger partial charge is 0.293 e. The summed E-state index contributed by atoms with van der Waals surface area (Å²) in [7, 11) is 0. The van der Waals surface area contributed by atoms with Gasteiger partial charge in [-0.05, 0) is 38.7 Å². The first kappa shape index (κ1) is 14.1. The standard InChI is InChI=1S/C16H20N2O3/c1-3-4-6-16(7-10-19-11-8-16)15-17-14(21-18-15)13-12(2)5-9-20-13/h3,5,9H,1,4,6-8,10-11H2,2H3. The normalized spacial score (nSPS) is 17.8. The molecule has 21 heavy (non-hydrogen) atoms. The van der Waals surface area contributed by atoms with Gasteiger partial charge in [0.25, 0.3) is 5.89 Å². The predicted molar refractivity (Wildman–Crippen MR) is 77.9 cm³/mol. The molecule has 2 aromatic rings. The van der Waals surface area contributed by atoms with Crippen LogP contribution in [0.15, 0.2) is 33.9 Å². The fourth-order valence-electron chi connectivity index (χ4n) is 2.85. The van der Waals surface area contributed by atoms with Crippen LogP contribution in [0.3, 0.4) is 0 Å². The van der Waals surface area contributed by atoms with E-state index in [1.807, 2.05) is 19.1 Å². The second-order valence-corrected chi connectivity index (χ2v) is 5.58. The third-order valence-electron chi connectivity index (χ3n) is 4.23. The maximum Gasteiger partial charge on any atom is 0.293 e. The maximum absolute atomic E-state index is 5.49. The minimum absolute atomic E-state index is 0.0747. The van der Waals surface area contributed by atoms with Crippen LogP contribution in [0.5, 0.6) is 0 Å². The Bertz CT molecular complexity index is 609. The van der Waals surface area contributed by atoms with Gasteiger partial charge in [0.1, 0.15) is 0 Å². The quantitative estimate of drug-likeness (QED) is 0.786. The summed E-state index contributed by atoms with van der Waals surface area (Å²) in [6, 6.07) is 1.89. The number of allylic oxidation sites excluding steroid dienone is 1. The molecule has 0 amide bonds. The van der Waals surface area contributed by atoms with Gasteiger partial charge >= 0.3 is 0 Å². The van der Waals surface area contributed by atoms with Crippen LogP contribution in [-0.2, 0) is 10.2 Å². The van der Waals surface area contributed by atoms with E-state index in [1.165, 1.54) is 0 Å². The van der Waals surface area contributed by atoms with Crippen molar-refractivity contribution in [3.05, 3.63) is 36.4 Å². The second kappa shape index (κ2) is 5.85. The number of hydrogen-bond acceptors (Lipinski definition) is 5. The third kappa shape index (κ3) is 2.65. The lowest BCUT2D eigenvalue weighted by atomic mass is 9.75. The molecule has 0 spiro atoms. The van der Waals surface area contributed by atoms with Gasteiger partial charge in [-0.1, -0.05) is 11.2 Å². The molecule has 0 aliphatic carbocycles. The van der Waals surface area contributed by atoms with Gasteiger partial charge in [0.15, 0.2) is 11.6 Å². The summed E-state index contributed by atoms with van der Waals surface area (Å²) in [5.74, 6) is 1.87. The van der Waals surface area contributed by atoms with Crippen molar-refractivity contribution >= 4 is 0 Å². The number of aromatic nitrogens is 2. The summed E-state index contributed by atoms with van der Waals surface area (Å²) in [6.45, 7) is 7.25. The Morgan fingerprint density at radius 1 is 1.38 bits per heavy atom. The van der Waals surface area contributed by atoms with Crippen LogP contribution < -0.4 is 0 Å². The fourth-order valence-corrected chi connectivity index (χ4v) is 2.85. The van der Waals surface area contributed by atoms with Gasteiger partial charge < -0.3 is 13.7 Å². The fraction of sp³-hybridized carbons (Fsp3) is 0.500. The molecule has 0 atom stereocenters.